The van der Waals surface area contributed by atoms with E-state index in [0.29, 0.717) is 25.8 Å². The Kier molecular flexibility index (Phi) is 5.23. The SMILES string of the molecule is CC(C)(C)NCCC1(OCC(F)(F)C(F)F)CCC1. The van der Waals surface area contributed by atoms with E-state index in [1.807, 2.05) is 20.8 Å². The van der Waals surface area contributed by atoms with E-state index in [-0.39, 0.29) is 5.54 Å². The first kappa shape index (κ1) is 16.7. The molecule has 0 aromatic carbocycles. The lowest BCUT2D eigenvalue weighted by atomic mass is 9.77. The van der Waals surface area contributed by atoms with Crippen molar-refractivity contribution in [3.63, 3.8) is 0 Å². The van der Waals surface area contributed by atoms with Gasteiger partial charge in [0.2, 0.25) is 0 Å². The van der Waals surface area contributed by atoms with E-state index in [1.165, 1.54) is 0 Å². The van der Waals surface area contributed by atoms with Gasteiger partial charge in [0.1, 0.15) is 6.61 Å². The quantitative estimate of drug-likeness (QED) is 0.722. The van der Waals surface area contributed by atoms with Gasteiger partial charge in [-0.1, -0.05) is 0 Å². The Morgan fingerprint density at radius 1 is 1.21 bits per heavy atom. The van der Waals surface area contributed by atoms with Crippen LogP contribution >= 0.6 is 0 Å². The molecule has 0 atom stereocenters. The third kappa shape index (κ3) is 5.26. The van der Waals surface area contributed by atoms with Crippen molar-refractivity contribution in [1.82, 2.24) is 5.32 Å². The lowest BCUT2D eigenvalue weighted by molar-refractivity contribution is -0.211. The molecule has 1 fully saturated rings. The zero-order valence-corrected chi connectivity index (χ0v) is 11.7. The lowest BCUT2D eigenvalue weighted by Crippen LogP contribution is -2.48. The third-order valence-electron chi connectivity index (χ3n) is 3.39. The summed E-state index contributed by atoms with van der Waals surface area (Å²) in [7, 11) is 0. The Labute approximate surface area is 111 Å². The highest BCUT2D eigenvalue weighted by Gasteiger charge is 2.46. The smallest absolute Gasteiger partial charge is 0.330 e. The van der Waals surface area contributed by atoms with Crippen molar-refractivity contribution in [3.8, 4) is 0 Å². The van der Waals surface area contributed by atoms with Crippen molar-refractivity contribution >= 4 is 0 Å². The molecule has 0 saturated heterocycles. The molecular formula is C13H23F4NO. The molecule has 0 heterocycles. The molecule has 0 spiro atoms. The molecule has 2 nitrogen and oxygen atoms in total. The van der Waals surface area contributed by atoms with E-state index in [4.69, 9.17) is 4.74 Å². The van der Waals surface area contributed by atoms with Crippen LogP contribution in [0.1, 0.15) is 46.5 Å². The van der Waals surface area contributed by atoms with Gasteiger partial charge in [0.05, 0.1) is 5.60 Å². The van der Waals surface area contributed by atoms with Crippen LogP contribution in [0.15, 0.2) is 0 Å². The van der Waals surface area contributed by atoms with Crippen molar-refractivity contribution in [2.75, 3.05) is 13.2 Å². The molecular weight excluding hydrogens is 262 g/mol. The highest BCUT2D eigenvalue weighted by molar-refractivity contribution is 4.91. The first-order chi connectivity index (χ1) is 8.56. The minimum atomic E-state index is -4.06. The van der Waals surface area contributed by atoms with Gasteiger partial charge >= 0.3 is 12.3 Å². The maximum atomic E-state index is 12.9. The van der Waals surface area contributed by atoms with Gasteiger partial charge in [-0.2, -0.15) is 8.78 Å². The number of nitrogens with one attached hydrogen (secondary N) is 1. The molecule has 1 aliphatic rings. The normalized spacial score (nSPS) is 19.6. The summed E-state index contributed by atoms with van der Waals surface area (Å²) >= 11 is 0. The average molecular weight is 285 g/mol. The summed E-state index contributed by atoms with van der Waals surface area (Å²) in [6, 6.07) is 0. The fourth-order valence-electron chi connectivity index (χ4n) is 2.02. The molecule has 1 rings (SSSR count). The highest BCUT2D eigenvalue weighted by atomic mass is 19.3. The summed E-state index contributed by atoms with van der Waals surface area (Å²) in [6.07, 6.45) is -0.868. The summed E-state index contributed by atoms with van der Waals surface area (Å²) in [5.74, 6) is -4.06. The highest BCUT2D eigenvalue weighted by Crippen LogP contribution is 2.40. The molecule has 0 aliphatic heterocycles. The third-order valence-corrected chi connectivity index (χ3v) is 3.39. The lowest BCUT2D eigenvalue weighted by Gasteiger charge is -2.43. The number of halogens is 4. The fraction of sp³-hybridized carbons (Fsp3) is 1.00. The molecule has 0 radical (unpaired) electrons. The number of hydrogen-bond acceptors (Lipinski definition) is 2. The molecule has 6 heteroatoms. The van der Waals surface area contributed by atoms with Gasteiger partial charge in [0.25, 0.3) is 0 Å². The maximum Gasteiger partial charge on any atom is 0.330 e. The van der Waals surface area contributed by atoms with Crippen molar-refractivity contribution in [2.24, 2.45) is 0 Å². The molecule has 0 bridgehead atoms. The largest absolute Gasteiger partial charge is 0.368 e. The second-order valence-electron chi connectivity index (χ2n) is 6.31. The summed E-state index contributed by atoms with van der Waals surface area (Å²) < 4.78 is 55.0. The van der Waals surface area contributed by atoms with Gasteiger partial charge in [0.15, 0.2) is 0 Å². The second kappa shape index (κ2) is 5.95. The van der Waals surface area contributed by atoms with E-state index in [2.05, 4.69) is 5.32 Å². The first-order valence-corrected chi connectivity index (χ1v) is 6.61. The molecule has 114 valence electrons. The van der Waals surface area contributed by atoms with Crippen molar-refractivity contribution in [1.29, 1.82) is 0 Å². The Balaban J connectivity index is 2.39. The standard InChI is InChI=1S/C13H23F4NO/c1-11(2,3)18-8-7-12(5-4-6-12)19-9-13(16,17)10(14)15/h10,18H,4-9H2,1-3H3. The average Bonchev–Trinajstić information content (AvgIpc) is 2.18. The van der Waals surface area contributed by atoms with Gasteiger partial charge in [-0.05, 0) is 53.0 Å². The van der Waals surface area contributed by atoms with E-state index >= 15 is 0 Å². The number of ether oxygens (including phenoxy) is 1. The van der Waals surface area contributed by atoms with Crippen LogP contribution in [0.3, 0.4) is 0 Å². The van der Waals surface area contributed by atoms with Crippen LogP contribution in [0.25, 0.3) is 0 Å². The molecule has 1 aliphatic carbocycles. The van der Waals surface area contributed by atoms with Crippen LogP contribution in [0.4, 0.5) is 17.6 Å². The number of hydrogen-bond donors (Lipinski definition) is 1. The Morgan fingerprint density at radius 2 is 1.79 bits per heavy atom. The van der Waals surface area contributed by atoms with E-state index < -0.39 is 24.6 Å². The molecule has 0 aromatic rings. The van der Waals surface area contributed by atoms with Crippen LogP contribution in [0.5, 0.6) is 0 Å². The topological polar surface area (TPSA) is 21.3 Å². The van der Waals surface area contributed by atoms with Crippen LogP contribution in [0.2, 0.25) is 0 Å². The van der Waals surface area contributed by atoms with Gasteiger partial charge in [-0.15, -0.1) is 0 Å². The second-order valence-corrected chi connectivity index (χ2v) is 6.31. The molecule has 0 unspecified atom stereocenters. The van der Waals surface area contributed by atoms with E-state index in [1.54, 1.807) is 0 Å². The Hall–Kier alpha value is -0.360. The van der Waals surface area contributed by atoms with Crippen molar-refractivity contribution in [2.45, 2.75) is 69.9 Å². The van der Waals surface area contributed by atoms with Crippen LogP contribution < -0.4 is 5.32 Å². The Morgan fingerprint density at radius 3 is 2.16 bits per heavy atom. The molecule has 0 amide bonds. The predicted octanol–water partition coefficient (Wildman–Crippen LogP) is 3.60. The van der Waals surface area contributed by atoms with Gasteiger partial charge in [-0.3, -0.25) is 0 Å². The van der Waals surface area contributed by atoms with Crippen LogP contribution in [0, 0.1) is 0 Å². The summed E-state index contributed by atoms with van der Waals surface area (Å²) in [4.78, 5) is 0. The van der Waals surface area contributed by atoms with E-state index in [9.17, 15) is 17.6 Å². The van der Waals surface area contributed by atoms with Gasteiger partial charge in [0, 0.05) is 5.54 Å². The van der Waals surface area contributed by atoms with E-state index in [0.717, 1.165) is 6.42 Å². The first-order valence-electron chi connectivity index (χ1n) is 6.61. The molecule has 1 N–H and O–H groups in total. The van der Waals surface area contributed by atoms with Crippen molar-refractivity contribution in [3.05, 3.63) is 0 Å². The summed E-state index contributed by atoms with van der Waals surface area (Å²) in [5.41, 5.74) is -0.700. The monoisotopic (exact) mass is 285 g/mol. The van der Waals surface area contributed by atoms with Crippen LogP contribution in [-0.4, -0.2) is 36.6 Å². The number of rotatable bonds is 7. The zero-order chi connectivity index (χ0) is 14.7. The number of alkyl halides is 4. The maximum absolute atomic E-state index is 12.9. The van der Waals surface area contributed by atoms with Crippen LogP contribution in [-0.2, 0) is 4.74 Å². The predicted molar refractivity (Wildman–Crippen MR) is 65.9 cm³/mol. The zero-order valence-electron chi connectivity index (χ0n) is 11.7. The fourth-order valence-corrected chi connectivity index (χ4v) is 2.02. The minimum Gasteiger partial charge on any atom is -0.368 e. The van der Waals surface area contributed by atoms with Crippen molar-refractivity contribution < 1.29 is 22.3 Å². The van der Waals surface area contributed by atoms with Gasteiger partial charge < -0.3 is 10.1 Å². The summed E-state index contributed by atoms with van der Waals surface area (Å²) in [5, 5.41) is 3.25. The van der Waals surface area contributed by atoms with Gasteiger partial charge in [-0.25, -0.2) is 8.78 Å². The molecule has 19 heavy (non-hydrogen) atoms. The molecule has 1 saturated carbocycles. The Bertz CT molecular complexity index is 285. The minimum absolute atomic E-state index is 0.0577. The molecule has 0 aromatic heterocycles. The summed E-state index contributed by atoms with van der Waals surface area (Å²) in [6.45, 7) is 5.45.